The van der Waals surface area contributed by atoms with E-state index >= 15 is 0 Å². The Labute approximate surface area is 136 Å². The third kappa shape index (κ3) is 3.51. The molecule has 0 radical (unpaired) electrons. The Hall–Kier alpha value is -2.21. The molecule has 0 aromatic heterocycles. The van der Waals surface area contributed by atoms with Gasteiger partial charge in [-0.3, -0.25) is 0 Å². The Balaban J connectivity index is 3.71. The van der Waals surface area contributed by atoms with Gasteiger partial charge in [0.1, 0.15) is 17.7 Å². The summed E-state index contributed by atoms with van der Waals surface area (Å²) < 4.78 is 0. The van der Waals surface area contributed by atoms with Crippen LogP contribution in [-0.4, -0.2) is 6.26 Å². The first-order chi connectivity index (χ1) is 10.3. The lowest BCUT2D eigenvalue weighted by molar-refractivity contribution is 0.267. The molecular formula is C17H18N4S. The molecule has 1 rings (SSSR count). The van der Waals surface area contributed by atoms with E-state index in [2.05, 4.69) is 13.8 Å². The number of nitriles is 4. The van der Waals surface area contributed by atoms with Crippen LogP contribution in [0.15, 0.2) is 21.6 Å². The summed E-state index contributed by atoms with van der Waals surface area (Å²) in [5, 5.41) is 37.0. The maximum Gasteiger partial charge on any atom is 0.154 e. The van der Waals surface area contributed by atoms with Crippen LogP contribution in [0.25, 0.3) is 0 Å². The van der Waals surface area contributed by atoms with Gasteiger partial charge in [0, 0.05) is 4.91 Å². The molecule has 0 aromatic rings. The van der Waals surface area contributed by atoms with Gasteiger partial charge in [-0.2, -0.15) is 21.0 Å². The molecule has 0 amide bonds. The summed E-state index contributed by atoms with van der Waals surface area (Å²) in [4.78, 5) is 0.610. The maximum atomic E-state index is 9.30. The standard InChI is InChI=1S/C17H18N4S/c1-11-5-17(2,3)6-14(12(7-18)8-19)15(11)16(22-4)13(9-20)10-21/h11-12H,5-6H2,1-4H3/t11-/m1/s1. The summed E-state index contributed by atoms with van der Waals surface area (Å²) in [5.74, 6) is -0.736. The lowest BCUT2D eigenvalue weighted by atomic mass is 9.67. The molecule has 0 N–H and O–H groups in total. The van der Waals surface area contributed by atoms with Gasteiger partial charge in [-0.15, -0.1) is 11.8 Å². The largest absolute Gasteiger partial charge is 0.197 e. The first kappa shape index (κ1) is 17.8. The summed E-state index contributed by atoms with van der Waals surface area (Å²) in [5.41, 5.74) is 1.66. The van der Waals surface area contributed by atoms with Crippen molar-refractivity contribution in [2.45, 2.75) is 33.6 Å². The van der Waals surface area contributed by atoms with Crippen molar-refractivity contribution in [3.8, 4) is 24.3 Å². The second kappa shape index (κ2) is 7.17. The quantitative estimate of drug-likeness (QED) is 0.732. The van der Waals surface area contributed by atoms with E-state index in [1.807, 2.05) is 37.5 Å². The van der Waals surface area contributed by atoms with Gasteiger partial charge in [0.2, 0.25) is 0 Å². The van der Waals surface area contributed by atoms with E-state index in [9.17, 15) is 21.0 Å². The molecule has 1 aliphatic carbocycles. The van der Waals surface area contributed by atoms with Crippen LogP contribution in [0.3, 0.4) is 0 Å². The zero-order valence-electron chi connectivity index (χ0n) is 13.3. The van der Waals surface area contributed by atoms with Crippen LogP contribution in [-0.2, 0) is 0 Å². The zero-order valence-corrected chi connectivity index (χ0v) is 14.1. The van der Waals surface area contributed by atoms with Gasteiger partial charge < -0.3 is 0 Å². The highest BCUT2D eigenvalue weighted by molar-refractivity contribution is 8.02. The van der Waals surface area contributed by atoms with Gasteiger partial charge >= 0.3 is 0 Å². The Morgan fingerprint density at radius 2 is 1.73 bits per heavy atom. The van der Waals surface area contributed by atoms with Crippen LogP contribution in [0.1, 0.15) is 33.6 Å². The summed E-state index contributed by atoms with van der Waals surface area (Å²) in [7, 11) is 0. The molecule has 0 spiro atoms. The molecule has 0 aromatic carbocycles. The SMILES string of the molecule is CSC(=C(C#N)C#N)C1=C(C(C#N)C#N)CC(C)(C)C[C@H]1C. The second-order valence-corrected chi connectivity index (χ2v) is 7.02. The molecule has 5 heteroatoms. The Morgan fingerprint density at radius 3 is 2.14 bits per heavy atom. The second-order valence-electron chi connectivity index (χ2n) is 6.21. The monoisotopic (exact) mass is 310 g/mol. The van der Waals surface area contributed by atoms with Crippen molar-refractivity contribution in [1.82, 2.24) is 0 Å². The third-order valence-corrected chi connectivity index (χ3v) is 4.70. The molecule has 112 valence electrons. The highest BCUT2D eigenvalue weighted by atomic mass is 32.2. The van der Waals surface area contributed by atoms with Gasteiger partial charge in [0.15, 0.2) is 5.92 Å². The van der Waals surface area contributed by atoms with Gasteiger partial charge in [0.25, 0.3) is 0 Å². The molecule has 0 fully saturated rings. The highest BCUT2D eigenvalue weighted by Gasteiger charge is 2.36. The Morgan fingerprint density at radius 1 is 1.18 bits per heavy atom. The van der Waals surface area contributed by atoms with Crippen LogP contribution < -0.4 is 0 Å². The fraction of sp³-hybridized carbons (Fsp3) is 0.529. The average molecular weight is 310 g/mol. The fourth-order valence-corrected chi connectivity index (χ4v) is 4.06. The van der Waals surface area contributed by atoms with E-state index in [0.717, 1.165) is 17.6 Å². The lowest BCUT2D eigenvalue weighted by Gasteiger charge is -2.38. The minimum absolute atomic E-state index is 0.00678. The molecule has 0 heterocycles. The van der Waals surface area contributed by atoms with E-state index < -0.39 is 5.92 Å². The van der Waals surface area contributed by atoms with E-state index in [-0.39, 0.29) is 16.9 Å². The van der Waals surface area contributed by atoms with Crippen molar-refractivity contribution in [2.75, 3.05) is 6.26 Å². The van der Waals surface area contributed by atoms with Crippen molar-refractivity contribution in [3.05, 3.63) is 21.6 Å². The molecule has 0 saturated heterocycles. The van der Waals surface area contributed by atoms with E-state index in [4.69, 9.17) is 0 Å². The molecular weight excluding hydrogens is 292 g/mol. The molecule has 22 heavy (non-hydrogen) atoms. The van der Waals surface area contributed by atoms with E-state index in [1.165, 1.54) is 11.8 Å². The summed E-state index contributed by atoms with van der Waals surface area (Å²) >= 11 is 1.34. The predicted octanol–water partition coefficient (Wildman–Crippen LogP) is 4.07. The molecule has 0 bridgehead atoms. The first-order valence-electron chi connectivity index (χ1n) is 6.96. The van der Waals surface area contributed by atoms with Crippen molar-refractivity contribution in [3.63, 3.8) is 0 Å². The fourth-order valence-electron chi connectivity index (χ4n) is 3.22. The highest BCUT2D eigenvalue weighted by Crippen LogP contribution is 2.48. The lowest BCUT2D eigenvalue weighted by Crippen LogP contribution is -2.27. The number of rotatable bonds is 3. The van der Waals surface area contributed by atoms with Crippen LogP contribution in [0, 0.1) is 62.6 Å². The molecule has 4 nitrogen and oxygen atoms in total. The number of nitrogens with zero attached hydrogens (tertiary/aromatic N) is 4. The summed E-state index contributed by atoms with van der Waals surface area (Å²) in [6, 6.07) is 7.96. The van der Waals surface area contributed by atoms with Crippen LogP contribution in [0.5, 0.6) is 0 Å². The van der Waals surface area contributed by atoms with Crippen LogP contribution >= 0.6 is 11.8 Å². The Kier molecular flexibility index (Phi) is 5.82. The van der Waals surface area contributed by atoms with Gasteiger partial charge in [-0.25, -0.2) is 0 Å². The molecule has 0 unspecified atom stereocenters. The van der Waals surface area contributed by atoms with Crippen molar-refractivity contribution >= 4 is 11.8 Å². The minimum Gasteiger partial charge on any atom is -0.197 e. The maximum absolute atomic E-state index is 9.30. The molecule has 1 aliphatic rings. The summed E-state index contributed by atoms with van der Waals surface area (Å²) in [6.07, 6.45) is 3.34. The molecule has 0 saturated carbocycles. The number of hydrogen-bond acceptors (Lipinski definition) is 5. The van der Waals surface area contributed by atoms with Crippen LogP contribution in [0.4, 0.5) is 0 Å². The summed E-state index contributed by atoms with van der Waals surface area (Å²) in [6.45, 7) is 6.26. The topological polar surface area (TPSA) is 95.2 Å². The average Bonchev–Trinajstić information content (AvgIpc) is 2.46. The third-order valence-electron chi connectivity index (χ3n) is 3.87. The molecule has 1 atom stereocenters. The van der Waals surface area contributed by atoms with Crippen LogP contribution in [0.2, 0.25) is 0 Å². The minimum atomic E-state index is -0.835. The van der Waals surface area contributed by atoms with Crippen molar-refractivity contribution in [2.24, 2.45) is 17.3 Å². The van der Waals surface area contributed by atoms with Crippen molar-refractivity contribution in [1.29, 1.82) is 21.0 Å². The Bertz CT molecular complexity index is 656. The smallest absolute Gasteiger partial charge is 0.154 e. The van der Waals surface area contributed by atoms with E-state index in [0.29, 0.717) is 11.3 Å². The first-order valence-corrected chi connectivity index (χ1v) is 8.18. The van der Waals surface area contributed by atoms with Gasteiger partial charge in [0.05, 0.1) is 12.1 Å². The van der Waals surface area contributed by atoms with E-state index in [1.54, 1.807) is 0 Å². The number of hydrogen-bond donors (Lipinski definition) is 0. The van der Waals surface area contributed by atoms with Gasteiger partial charge in [-0.1, -0.05) is 20.8 Å². The number of allylic oxidation sites excluding steroid dienone is 3. The van der Waals surface area contributed by atoms with Gasteiger partial charge in [-0.05, 0) is 41.6 Å². The zero-order chi connectivity index (χ0) is 16.9. The normalized spacial score (nSPS) is 19.6. The van der Waals surface area contributed by atoms with Crippen molar-refractivity contribution < 1.29 is 0 Å². The molecule has 0 aliphatic heterocycles. The number of thioether (sulfide) groups is 1. The predicted molar refractivity (Wildman–Crippen MR) is 85.7 cm³/mol.